The zero-order valence-electron chi connectivity index (χ0n) is 27.8. The lowest BCUT2D eigenvalue weighted by atomic mass is 9.87. The molecule has 9 heteroatoms. The number of likely N-dealkylation sites (tertiary alicyclic amines) is 1. The van der Waals surface area contributed by atoms with Gasteiger partial charge in [-0.1, -0.05) is 30.3 Å². The van der Waals surface area contributed by atoms with Crippen molar-refractivity contribution < 1.29 is 9.18 Å². The number of halogens is 1. The highest BCUT2D eigenvalue weighted by molar-refractivity contribution is 5.94. The smallest absolute Gasteiger partial charge is 0.211 e. The average molecular weight is 646 g/mol. The monoisotopic (exact) mass is 645 g/mol. The highest BCUT2D eigenvalue weighted by Gasteiger charge is 2.26. The highest BCUT2D eigenvalue weighted by atomic mass is 19.1. The van der Waals surface area contributed by atoms with Crippen LogP contribution in [0.4, 0.5) is 15.8 Å². The van der Waals surface area contributed by atoms with Crippen molar-refractivity contribution in [2.24, 2.45) is 5.92 Å². The number of nitrogens with one attached hydrogen (secondary N) is 3. The lowest BCUT2D eigenvalue weighted by Crippen LogP contribution is -2.41. The zero-order chi connectivity index (χ0) is 33.0. The van der Waals surface area contributed by atoms with E-state index in [0.29, 0.717) is 18.0 Å². The molecule has 8 nitrogen and oxygen atoms in total. The van der Waals surface area contributed by atoms with Crippen molar-refractivity contribution in [2.45, 2.75) is 45.1 Å². The summed E-state index contributed by atoms with van der Waals surface area (Å²) in [4.78, 5) is 28.3. The molecule has 0 spiro atoms. The van der Waals surface area contributed by atoms with Crippen LogP contribution < -0.4 is 15.5 Å². The number of carbonyl (C=O) groups is 1. The first-order valence-electron chi connectivity index (χ1n) is 17.1. The van der Waals surface area contributed by atoms with Crippen LogP contribution in [0.25, 0.3) is 33.5 Å². The fourth-order valence-corrected chi connectivity index (χ4v) is 7.59. The molecule has 0 unspecified atom stereocenters. The molecule has 48 heavy (non-hydrogen) atoms. The summed E-state index contributed by atoms with van der Waals surface area (Å²) in [5.41, 5.74) is 9.47. The van der Waals surface area contributed by atoms with E-state index in [1.54, 1.807) is 12.4 Å². The van der Waals surface area contributed by atoms with E-state index in [9.17, 15) is 9.18 Å². The second-order valence-corrected chi connectivity index (χ2v) is 13.4. The molecular weight excluding hydrogens is 601 g/mol. The molecule has 248 valence electrons. The molecule has 7 rings (SSSR count). The quantitative estimate of drug-likeness (QED) is 0.140. The van der Waals surface area contributed by atoms with Gasteiger partial charge in [-0.05, 0) is 118 Å². The molecule has 1 amide bonds. The first-order valence-corrected chi connectivity index (χ1v) is 17.1. The maximum atomic E-state index is 14.9. The minimum absolute atomic E-state index is 0.233. The summed E-state index contributed by atoms with van der Waals surface area (Å²) in [7, 11) is 1.82. The van der Waals surface area contributed by atoms with E-state index in [1.165, 1.54) is 43.5 Å². The van der Waals surface area contributed by atoms with Crippen LogP contribution in [-0.4, -0.2) is 66.0 Å². The normalized spacial score (nSPS) is 16.4. The minimum Gasteiger partial charge on any atom is -0.372 e. The molecule has 2 aromatic heterocycles. The maximum Gasteiger partial charge on any atom is 0.211 e. The Morgan fingerprint density at radius 3 is 2.40 bits per heavy atom. The number of carbonyl (C=O) groups excluding carboxylic acids is 1. The van der Waals surface area contributed by atoms with Gasteiger partial charge in [0.2, 0.25) is 6.41 Å². The molecular formula is C39H44FN7O. The summed E-state index contributed by atoms with van der Waals surface area (Å²) >= 11 is 0. The Morgan fingerprint density at radius 2 is 1.69 bits per heavy atom. The van der Waals surface area contributed by atoms with Crippen molar-refractivity contribution in [2.75, 3.05) is 50.0 Å². The zero-order valence-corrected chi connectivity index (χ0v) is 27.8. The van der Waals surface area contributed by atoms with Crippen LogP contribution in [0.1, 0.15) is 48.3 Å². The number of benzene rings is 3. The van der Waals surface area contributed by atoms with Crippen molar-refractivity contribution in [3.8, 4) is 22.5 Å². The molecule has 0 saturated carbocycles. The Bertz CT molecular complexity index is 1850. The number of H-pyrrole nitrogens is 1. The molecule has 0 bridgehead atoms. The molecule has 3 N–H and O–H groups in total. The minimum atomic E-state index is -0.233. The van der Waals surface area contributed by atoms with Gasteiger partial charge in [-0.3, -0.25) is 4.79 Å². The number of hydrogen-bond donors (Lipinski definition) is 3. The Balaban J connectivity index is 0.945. The second kappa shape index (κ2) is 14.3. The van der Waals surface area contributed by atoms with Crippen LogP contribution in [-0.2, 0) is 11.3 Å². The van der Waals surface area contributed by atoms with Gasteiger partial charge < -0.3 is 25.4 Å². The Labute approximate surface area is 281 Å². The summed E-state index contributed by atoms with van der Waals surface area (Å²) < 4.78 is 14.9. The van der Waals surface area contributed by atoms with Crippen LogP contribution in [0.15, 0.2) is 73.1 Å². The van der Waals surface area contributed by atoms with Gasteiger partial charge in [0, 0.05) is 59.8 Å². The van der Waals surface area contributed by atoms with Crippen LogP contribution in [0.3, 0.4) is 0 Å². The van der Waals surface area contributed by atoms with Crippen molar-refractivity contribution in [1.82, 2.24) is 25.2 Å². The number of nitrogens with zero attached hydrogens (tertiary/aromatic N) is 4. The van der Waals surface area contributed by atoms with E-state index in [0.717, 1.165) is 83.3 Å². The molecule has 5 aromatic rings. The number of aromatic amines is 1. The molecule has 2 aliphatic heterocycles. The van der Waals surface area contributed by atoms with Gasteiger partial charge in [-0.25, -0.2) is 14.4 Å². The number of piperidine rings is 2. The van der Waals surface area contributed by atoms with E-state index in [4.69, 9.17) is 0 Å². The van der Waals surface area contributed by atoms with E-state index in [-0.39, 0.29) is 5.82 Å². The largest absolute Gasteiger partial charge is 0.372 e. The number of anilines is 2. The van der Waals surface area contributed by atoms with Gasteiger partial charge in [-0.15, -0.1) is 0 Å². The standard InChI is InChI=1S/C39H44FN7O/c1-26-19-31(22-41-2)36(40)20-34(26)38-35-21-37(45-39(35)43-24-42-38)30-5-3-28(4-6-30)29-13-15-46(16-14-29)23-27-11-17-47(18-12-27)33-9-7-32(8-10-33)44-25-48/h3-10,19-21,24-25,27,29,41H,11-18,22-23H2,1-2H3,(H,44,48)(H,42,43,45). The maximum absolute atomic E-state index is 14.9. The predicted molar refractivity (Wildman–Crippen MR) is 192 cm³/mol. The first kappa shape index (κ1) is 32.0. The lowest BCUT2D eigenvalue weighted by Gasteiger charge is -2.38. The number of amides is 1. The molecule has 4 heterocycles. The van der Waals surface area contributed by atoms with Crippen LogP contribution in [0.5, 0.6) is 0 Å². The van der Waals surface area contributed by atoms with E-state index in [1.807, 2.05) is 32.2 Å². The summed E-state index contributed by atoms with van der Waals surface area (Å²) in [6.07, 6.45) is 7.08. The molecule has 2 saturated heterocycles. The molecule has 2 fully saturated rings. The van der Waals surface area contributed by atoms with Crippen LogP contribution >= 0.6 is 0 Å². The van der Waals surface area contributed by atoms with E-state index >= 15 is 0 Å². The lowest BCUT2D eigenvalue weighted by molar-refractivity contribution is -0.105. The number of aromatic nitrogens is 3. The number of aryl methyl sites for hydroxylation is 1. The predicted octanol–water partition coefficient (Wildman–Crippen LogP) is 7.12. The molecule has 0 aliphatic carbocycles. The number of hydrogen-bond acceptors (Lipinski definition) is 6. The van der Waals surface area contributed by atoms with Crippen molar-refractivity contribution in [3.63, 3.8) is 0 Å². The average Bonchev–Trinajstić information content (AvgIpc) is 3.56. The van der Waals surface area contributed by atoms with Gasteiger partial charge in [0.05, 0.1) is 5.69 Å². The summed E-state index contributed by atoms with van der Waals surface area (Å²) in [5.74, 6) is 1.09. The Morgan fingerprint density at radius 1 is 0.938 bits per heavy atom. The van der Waals surface area contributed by atoms with Gasteiger partial charge in [-0.2, -0.15) is 0 Å². The van der Waals surface area contributed by atoms with Crippen molar-refractivity contribution in [3.05, 3.63) is 95.6 Å². The van der Waals surface area contributed by atoms with E-state index in [2.05, 4.69) is 77.8 Å². The summed E-state index contributed by atoms with van der Waals surface area (Å²) in [5, 5.41) is 6.63. The van der Waals surface area contributed by atoms with Crippen molar-refractivity contribution >= 4 is 28.8 Å². The third kappa shape index (κ3) is 6.84. The first-order chi connectivity index (χ1) is 23.5. The third-order valence-corrected chi connectivity index (χ3v) is 10.3. The Hall–Kier alpha value is -4.60. The van der Waals surface area contributed by atoms with Gasteiger partial charge >= 0.3 is 0 Å². The summed E-state index contributed by atoms with van der Waals surface area (Å²) in [6.45, 7) is 8.14. The topological polar surface area (TPSA) is 89.2 Å². The molecule has 0 atom stereocenters. The highest BCUT2D eigenvalue weighted by Crippen LogP contribution is 2.35. The fraction of sp³-hybridized carbons (Fsp3) is 0.359. The summed E-state index contributed by atoms with van der Waals surface area (Å²) in [6, 6.07) is 22.7. The second-order valence-electron chi connectivity index (χ2n) is 13.4. The van der Waals surface area contributed by atoms with Crippen LogP contribution in [0, 0.1) is 18.7 Å². The SMILES string of the molecule is CNCc1cc(C)c(-c2ncnc3[nH]c(-c4ccc(C5CCN(CC6CCN(c7ccc(NC=O)cc7)CC6)CC5)cc4)cc23)cc1F. The molecule has 3 aromatic carbocycles. The van der Waals surface area contributed by atoms with Crippen molar-refractivity contribution in [1.29, 1.82) is 0 Å². The molecule has 2 aliphatic rings. The number of rotatable bonds is 10. The Kier molecular flexibility index (Phi) is 9.50. The van der Waals surface area contributed by atoms with Gasteiger partial charge in [0.1, 0.15) is 17.8 Å². The van der Waals surface area contributed by atoms with Gasteiger partial charge in [0.15, 0.2) is 0 Å². The van der Waals surface area contributed by atoms with Crippen LogP contribution in [0.2, 0.25) is 0 Å². The third-order valence-electron chi connectivity index (χ3n) is 10.3. The van der Waals surface area contributed by atoms with Gasteiger partial charge in [0.25, 0.3) is 0 Å². The molecule has 0 radical (unpaired) electrons. The number of fused-ring (bicyclic) bond motifs is 1. The van der Waals surface area contributed by atoms with E-state index < -0.39 is 0 Å². The fourth-order valence-electron chi connectivity index (χ4n) is 7.59.